The van der Waals surface area contributed by atoms with Gasteiger partial charge in [-0.3, -0.25) is 9.69 Å². The van der Waals surface area contributed by atoms with E-state index in [1.54, 1.807) is 0 Å². The van der Waals surface area contributed by atoms with Gasteiger partial charge in [0.25, 0.3) is 0 Å². The lowest BCUT2D eigenvalue weighted by molar-refractivity contribution is -0.117. The lowest BCUT2D eigenvalue weighted by atomic mass is 10.0. The minimum absolute atomic E-state index is 0.0186. The molecule has 2 rings (SSSR count). The Kier molecular flexibility index (Phi) is 5.20. The molecule has 1 amide bonds. The zero-order valence-corrected chi connectivity index (χ0v) is 13.2. The monoisotopic (exact) mass is 290 g/mol. The fraction of sp³-hybridized carbons (Fsp3) is 0.562. The molecule has 0 aromatic heterocycles. The van der Waals surface area contributed by atoms with Crippen LogP contribution in [0, 0.1) is 6.92 Å². The predicted octanol–water partition coefficient (Wildman–Crippen LogP) is 1.54. The van der Waals surface area contributed by atoms with Crippen molar-refractivity contribution in [2.45, 2.75) is 25.8 Å². The number of likely N-dealkylation sites (tertiary alicyclic amines) is 1. The average Bonchev–Trinajstić information content (AvgIpc) is 2.43. The van der Waals surface area contributed by atoms with Crippen LogP contribution in [0.2, 0.25) is 0 Å². The van der Waals surface area contributed by atoms with Crippen molar-refractivity contribution in [3.8, 4) is 0 Å². The molecule has 0 saturated carbocycles. The standard InChI is InChI=1S/C16H26N4O/c1-12-4-5-13(17)10-15(12)18-16(21)11-20(3)14-6-8-19(2)9-7-14/h4-5,10,14H,6-9,11,17H2,1-3H3,(H,18,21). The molecule has 1 aliphatic rings. The zero-order valence-electron chi connectivity index (χ0n) is 13.2. The van der Waals surface area contributed by atoms with Gasteiger partial charge in [-0.15, -0.1) is 0 Å². The second-order valence-corrected chi connectivity index (χ2v) is 6.07. The molecule has 1 aliphatic heterocycles. The first kappa shape index (κ1) is 15.8. The summed E-state index contributed by atoms with van der Waals surface area (Å²) in [6, 6.07) is 6.07. The van der Waals surface area contributed by atoms with Gasteiger partial charge in [-0.25, -0.2) is 0 Å². The molecule has 0 spiro atoms. The number of amides is 1. The highest BCUT2D eigenvalue weighted by Crippen LogP contribution is 2.18. The number of rotatable bonds is 4. The van der Waals surface area contributed by atoms with Crippen LogP contribution in [0.1, 0.15) is 18.4 Å². The summed E-state index contributed by atoms with van der Waals surface area (Å²) in [5, 5.41) is 2.96. The summed E-state index contributed by atoms with van der Waals surface area (Å²) in [7, 11) is 4.17. The fourth-order valence-corrected chi connectivity index (χ4v) is 2.76. The number of likely N-dealkylation sites (N-methyl/N-ethyl adjacent to an activating group) is 1. The van der Waals surface area contributed by atoms with Crippen molar-refractivity contribution in [3.05, 3.63) is 23.8 Å². The second-order valence-electron chi connectivity index (χ2n) is 6.07. The summed E-state index contributed by atoms with van der Waals surface area (Å²) in [5.74, 6) is 0.0186. The van der Waals surface area contributed by atoms with Crippen molar-refractivity contribution in [2.75, 3.05) is 44.8 Å². The van der Waals surface area contributed by atoms with E-state index >= 15 is 0 Å². The molecule has 116 valence electrons. The number of hydrogen-bond acceptors (Lipinski definition) is 4. The number of hydrogen-bond donors (Lipinski definition) is 2. The van der Waals surface area contributed by atoms with Crippen LogP contribution in [0.4, 0.5) is 11.4 Å². The van der Waals surface area contributed by atoms with E-state index in [1.807, 2.05) is 32.2 Å². The third kappa shape index (κ3) is 4.44. The Balaban J connectivity index is 1.88. The molecular formula is C16H26N4O. The summed E-state index contributed by atoms with van der Waals surface area (Å²) in [5.41, 5.74) is 8.26. The van der Waals surface area contributed by atoms with Gasteiger partial charge in [0.1, 0.15) is 0 Å². The van der Waals surface area contributed by atoms with Gasteiger partial charge in [-0.1, -0.05) is 6.07 Å². The number of carbonyl (C=O) groups excluding carboxylic acids is 1. The number of nitrogens with two attached hydrogens (primary N) is 1. The van der Waals surface area contributed by atoms with Crippen LogP contribution in [0.15, 0.2) is 18.2 Å². The van der Waals surface area contributed by atoms with E-state index in [2.05, 4.69) is 22.2 Å². The largest absolute Gasteiger partial charge is 0.399 e. The summed E-state index contributed by atoms with van der Waals surface area (Å²) >= 11 is 0. The Morgan fingerprint density at radius 3 is 2.76 bits per heavy atom. The van der Waals surface area contributed by atoms with Gasteiger partial charge in [-0.2, -0.15) is 0 Å². The number of nitrogens with one attached hydrogen (secondary N) is 1. The highest BCUT2D eigenvalue weighted by atomic mass is 16.2. The summed E-state index contributed by atoms with van der Waals surface area (Å²) in [4.78, 5) is 16.7. The fourth-order valence-electron chi connectivity index (χ4n) is 2.76. The molecule has 0 aliphatic carbocycles. The molecule has 0 radical (unpaired) electrons. The molecule has 0 atom stereocenters. The number of aryl methyl sites for hydroxylation is 1. The number of anilines is 2. The highest BCUT2D eigenvalue weighted by Gasteiger charge is 2.22. The molecule has 5 heteroatoms. The van der Waals surface area contributed by atoms with Gasteiger partial charge in [0.15, 0.2) is 0 Å². The minimum Gasteiger partial charge on any atom is -0.399 e. The molecule has 0 bridgehead atoms. The minimum atomic E-state index is 0.0186. The zero-order chi connectivity index (χ0) is 15.4. The number of carbonyl (C=O) groups is 1. The molecular weight excluding hydrogens is 264 g/mol. The number of nitrogen functional groups attached to an aromatic ring is 1. The van der Waals surface area contributed by atoms with Crippen LogP contribution < -0.4 is 11.1 Å². The Morgan fingerprint density at radius 1 is 1.43 bits per heavy atom. The summed E-state index contributed by atoms with van der Waals surface area (Å²) in [6.07, 6.45) is 2.25. The van der Waals surface area contributed by atoms with Gasteiger partial charge in [-0.05, 0) is 64.6 Å². The van der Waals surface area contributed by atoms with Gasteiger partial charge < -0.3 is 16.0 Å². The van der Waals surface area contributed by atoms with Crippen molar-refractivity contribution in [2.24, 2.45) is 0 Å². The van der Waals surface area contributed by atoms with Crippen LogP contribution in [0.25, 0.3) is 0 Å². The lowest BCUT2D eigenvalue weighted by Crippen LogP contribution is -2.44. The lowest BCUT2D eigenvalue weighted by Gasteiger charge is -2.34. The summed E-state index contributed by atoms with van der Waals surface area (Å²) in [6.45, 7) is 4.59. The van der Waals surface area contributed by atoms with Crippen LogP contribution in [0.3, 0.4) is 0 Å². The van der Waals surface area contributed by atoms with E-state index in [0.29, 0.717) is 18.3 Å². The van der Waals surface area contributed by atoms with E-state index in [9.17, 15) is 4.79 Å². The Morgan fingerprint density at radius 2 is 2.10 bits per heavy atom. The molecule has 3 N–H and O–H groups in total. The molecule has 21 heavy (non-hydrogen) atoms. The smallest absolute Gasteiger partial charge is 0.238 e. The van der Waals surface area contributed by atoms with Gasteiger partial charge in [0.05, 0.1) is 6.54 Å². The predicted molar refractivity (Wildman–Crippen MR) is 87.4 cm³/mol. The van der Waals surface area contributed by atoms with Crippen LogP contribution >= 0.6 is 0 Å². The third-order valence-corrected chi connectivity index (χ3v) is 4.24. The first-order valence-corrected chi connectivity index (χ1v) is 7.50. The molecule has 1 saturated heterocycles. The average molecular weight is 290 g/mol. The second kappa shape index (κ2) is 6.91. The maximum Gasteiger partial charge on any atom is 0.238 e. The van der Waals surface area contributed by atoms with E-state index in [-0.39, 0.29) is 5.91 Å². The van der Waals surface area contributed by atoms with Crippen molar-refractivity contribution in [1.82, 2.24) is 9.80 Å². The number of nitrogens with zero attached hydrogens (tertiary/aromatic N) is 2. The molecule has 1 fully saturated rings. The van der Waals surface area contributed by atoms with Gasteiger partial charge >= 0.3 is 0 Å². The first-order chi connectivity index (χ1) is 9.95. The van der Waals surface area contributed by atoms with Crippen molar-refractivity contribution in [3.63, 3.8) is 0 Å². The molecule has 1 heterocycles. The molecule has 5 nitrogen and oxygen atoms in total. The maximum atomic E-state index is 12.2. The SMILES string of the molecule is Cc1ccc(N)cc1NC(=O)CN(C)C1CCN(C)CC1. The van der Waals surface area contributed by atoms with E-state index < -0.39 is 0 Å². The molecule has 1 aromatic rings. The van der Waals surface area contributed by atoms with Gasteiger partial charge in [0.2, 0.25) is 5.91 Å². The topological polar surface area (TPSA) is 61.6 Å². The van der Waals surface area contributed by atoms with Crippen molar-refractivity contribution >= 4 is 17.3 Å². The van der Waals surface area contributed by atoms with E-state index in [4.69, 9.17) is 5.73 Å². The number of benzene rings is 1. The first-order valence-electron chi connectivity index (χ1n) is 7.50. The molecule has 0 unspecified atom stereocenters. The van der Waals surface area contributed by atoms with E-state index in [1.165, 1.54) is 0 Å². The Bertz CT molecular complexity index is 495. The van der Waals surface area contributed by atoms with Crippen molar-refractivity contribution < 1.29 is 4.79 Å². The van der Waals surface area contributed by atoms with E-state index in [0.717, 1.165) is 37.2 Å². The quantitative estimate of drug-likeness (QED) is 0.826. The number of piperidine rings is 1. The van der Waals surface area contributed by atoms with Gasteiger partial charge in [0, 0.05) is 17.4 Å². The summed E-state index contributed by atoms with van der Waals surface area (Å²) < 4.78 is 0. The van der Waals surface area contributed by atoms with Crippen LogP contribution in [0.5, 0.6) is 0 Å². The highest BCUT2D eigenvalue weighted by molar-refractivity contribution is 5.93. The Hall–Kier alpha value is -1.59. The maximum absolute atomic E-state index is 12.2. The molecule has 1 aromatic carbocycles. The third-order valence-electron chi connectivity index (χ3n) is 4.24. The van der Waals surface area contributed by atoms with Crippen molar-refractivity contribution in [1.29, 1.82) is 0 Å². The van der Waals surface area contributed by atoms with Crippen LogP contribution in [-0.2, 0) is 4.79 Å². The normalized spacial score (nSPS) is 17.1. The van der Waals surface area contributed by atoms with Crippen LogP contribution in [-0.4, -0.2) is 55.5 Å². The Labute approximate surface area is 127 Å².